The highest BCUT2D eigenvalue weighted by molar-refractivity contribution is 5.87. The van der Waals surface area contributed by atoms with E-state index in [9.17, 15) is 20.4 Å². The zero-order chi connectivity index (χ0) is 21.4. The van der Waals surface area contributed by atoms with Crippen molar-refractivity contribution in [2.45, 2.75) is 44.0 Å². The fourth-order valence-corrected chi connectivity index (χ4v) is 4.18. The number of methoxy groups -OCH3 is 1. The molecule has 1 saturated heterocycles. The van der Waals surface area contributed by atoms with Crippen LogP contribution in [0.25, 0.3) is 10.9 Å². The number of aromatic nitrogens is 1. The highest BCUT2D eigenvalue weighted by Gasteiger charge is 2.44. The number of nitrogens with zero attached hydrogens (tertiary/aromatic N) is 1. The molecule has 3 aromatic rings. The minimum Gasteiger partial charge on any atom is -0.497 e. The number of hydrogen-bond acceptors (Lipinski definition) is 6. The van der Waals surface area contributed by atoms with Crippen molar-refractivity contribution in [2.24, 2.45) is 0 Å². The number of fused-ring (bicyclic) bond motifs is 1. The van der Waals surface area contributed by atoms with E-state index in [0.29, 0.717) is 6.42 Å². The van der Waals surface area contributed by atoms with Crippen LogP contribution in [-0.4, -0.2) is 63.1 Å². The second-order valence-corrected chi connectivity index (χ2v) is 7.78. The minimum absolute atomic E-state index is 0.460. The summed E-state index contributed by atoms with van der Waals surface area (Å²) >= 11 is 0. The topological polar surface area (TPSA) is 104 Å². The van der Waals surface area contributed by atoms with E-state index >= 15 is 0 Å². The van der Waals surface area contributed by atoms with Gasteiger partial charge in [-0.15, -0.1) is 0 Å². The molecule has 0 aliphatic carbocycles. The first kappa shape index (κ1) is 20.8. The Hall–Kier alpha value is -2.42. The molecule has 1 aliphatic rings. The number of rotatable bonds is 5. The van der Waals surface area contributed by atoms with Crippen molar-refractivity contribution < 1.29 is 29.9 Å². The smallest absolute Gasteiger partial charge is 0.163 e. The summed E-state index contributed by atoms with van der Waals surface area (Å²) < 4.78 is 12.8. The summed E-state index contributed by atoms with van der Waals surface area (Å²) in [5.41, 5.74) is 4.01. The molecular formula is C23H27NO6. The molecule has 4 N–H and O–H groups in total. The van der Waals surface area contributed by atoms with E-state index in [1.54, 1.807) is 11.7 Å². The number of benzene rings is 2. The Morgan fingerprint density at radius 3 is 2.40 bits per heavy atom. The molecule has 160 valence electrons. The van der Waals surface area contributed by atoms with Crippen molar-refractivity contribution in [1.29, 1.82) is 0 Å². The quantitative estimate of drug-likeness (QED) is 0.506. The van der Waals surface area contributed by atoms with E-state index in [0.717, 1.165) is 33.3 Å². The number of aryl methyl sites for hydroxylation is 1. The molecule has 0 saturated carbocycles. The lowest BCUT2D eigenvalue weighted by Crippen LogP contribution is -2.56. The number of aliphatic hydroxyl groups excluding tert-OH is 4. The fourth-order valence-electron chi connectivity index (χ4n) is 4.18. The van der Waals surface area contributed by atoms with Gasteiger partial charge in [0.05, 0.1) is 19.2 Å². The summed E-state index contributed by atoms with van der Waals surface area (Å²) in [6, 6.07) is 13.8. The molecule has 0 unspecified atom stereocenters. The molecule has 0 bridgehead atoms. The average molecular weight is 413 g/mol. The van der Waals surface area contributed by atoms with Crippen LogP contribution in [0.5, 0.6) is 5.75 Å². The summed E-state index contributed by atoms with van der Waals surface area (Å²) in [6.45, 7) is 1.51. The van der Waals surface area contributed by atoms with Crippen LogP contribution >= 0.6 is 0 Å². The summed E-state index contributed by atoms with van der Waals surface area (Å²) in [5, 5.41) is 41.6. The Labute approximate surface area is 174 Å². The minimum atomic E-state index is -1.42. The number of para-hydroxylation sites is 1. The molecule has 4 rings (SSSR count). The molecular weight excluding hydrogens is 386 g/mol. The Morgan fingerprint density at radius 1 is 1.00 bits per heavy atom. The van der Waals surface area contributed by atoms with Crippen molar-refractivity contribution in [3.8, 4) is 5.75 Å². The zero-order valence-corrected chi connectivity index (χ0v) is 17.0. The molecule has 2 aromatic carbocycles. The predicted octanol–water partition coefficient (Wildman–Crippen LogP) is 1.52. The van der Waals surface area contributed by atoms with E-state index in [1.165, 1.54) is 0 Å². The van der Waals surface area contributed by atoms with Gasteiger partial charge in [-0.1, -0.05) is 30.3 Å². The van der Waals surface area contributed by atoms with E-state index in [-0.39, 0.29) is 0 Å². The lowest BCUT2D eigenvalue weighted by atomic mass is 9.98. The van der Waals surface area contributed by atoms with Crippen LogP contribution < -0.4 is 4.74 Å². The summed E-state index contributed by atoms with van der Waals surface area (Å²) in [7, 11) is 1.63. The van der Waals surface area contributed by atoms with Crippen LogP contribution in [0.2, 0.25) is 0 Å². The van der Waals surface area contributed by atoms with E-state index in [1.807, 2.05) is 55.6 Å². The molecule has 1 aromatic heterocycles. The molecule has 5 atom stereocenters. The summed E-state index contributed by atoms with van der Waals surface area (Å²) in [4.78, 5) is 0. The summed E-state index contributed by atoms with van der Waals surface area (Å²) in [6.07, 6.45) is -3.47. The first-order valence-electron chi connectivity index (χ1n) is 9.97. The fraction of sp³-hybridized carbons (Fsp3) is 0.391. The number of hydrogen-bond donors (Lipinski definition) is 4. The average Bonchev–Trinajstić information content (AvgIpc) is 3.12. The molecule has 7 nitrogen and oxygen atoms in total. The van der Waals surface area contributed by atoms with E-state index < -0.39 is 37.3 Å². The van der Waals surface area contributed by atoms with Gasteiger partial charge in [0.15, 0.2) is 6.23 Å². The molecule has 0 radical (unpaired) electrons. The SMILES string of the molecule is COc1ccc(Cc2cn([C@@H]3O[C@H](CO)[C@@H](O)[C@H](O)[C@H]3O)c3c(C)cccc23)cc1. The van der Waals surface area contributed by atoms with Gasteiger partial charge >= 0.3 is 0 Å². The first-order chi connectivity index (χ1) is 14.4. The standard InChI is InChI=1S/C23H27NO6/c1-13-4-3-5-17-15(10-14-6-8-16(29-2)9-7-14)11-24(19(13)17)23-22(28)21(27)20(26)18(12-25)30-23/h3-9,11,18,20-23,25-28H,10,12H2,1-2H3/t18-,20-,21+,22-,23-/m1/s1. The van der Waals surface area contributed by atoms with Gasteiger partial charge < -0.3 is 34.5 Å². The normalized spacial score (nSPS) is 26.8. The molecule has 7 heteroatoms. The Bertz CT molecular complexity index is 1010. The van der Waals surface area contributed by atoms with Gasteiger partial charge in [0.2, 0.25) is 0 Å². The largest absolute Gasteiger partial charge is 0.497 e. The van der Waals surface area contributed by atoms with Crippen LogP contribution in [0.1, 0.15) is 22.9 Å². The maximum Gasteiger partial charge on any atom is 0.163 e. The molecule has 2 heterocycles. The molecule has 30 heavy (non-hydrogen) atoms. The van der Waals surface area contributed by atoms with Crippen LogP contribution in [-0.2, 0) is 11.2 Å². The third-order valence-electron chi connectivity index (χ3n) is 5.83. The lowest BCUT2D eigenvalue weighted by Gasteiger charge is -2.40. The van der Waals surface area contributed by atoms with Gasteiger partial charge in [0.25, 0.3) is 0 Å². The Balaban J connectivity index is 1.76. The van der Waals surface area contributed by atoms with Crippen molar-refractivity contribution in [3.63, 3.8) is 0 Å². The molecule has 0 spiro atoms. The van der Waals surface area contributed by atoms with Gasteiger partial charge in [0, 0.05) is 11.6 Å². The molecule has 0 amide bonds. The van der Waals surface area contributed by atoms with Gasteiger partial charge in [-0.05, 0) is 42.2 Å². The third-order valence-corrected chi connectivity index (χ3v) is 5.83. The monoisotopic (exact) mass is 413 g/mol. The summed E-state index contributed by atoms with van der Waals surface area (Å²) in [5.74, 6) is 0.790. The van der Waals surface area contributed by atoms with Gasteiger partial charge in [-0.2, -0.15) is 0 Å². The number of aliphatic hydroxyl groups is 4. The zero-order valence-electron chi connectivity index (χ0n) is 17.0. The van der Waals surface area contributed by atoms with Crippen LogP contribution in [0.3, 0.4) is 0 Å². The van der Waals surface area contributed by atoms with Crippen molar-refractivity contribution in [2.75, 3.05) is 13.7 Å². The highest BCUT2D eigenvalue weighted by atomic mass is 16.6. The molecule has 1 aliphatic heterocycles. The van der Waals surface area contributed by atoms with Crippen molar-refractivity contribution >= 4 is 10.9 Å². The van der Waals surface area contributed by atoms with E-state index in [2.05, 4.69) is 0 Å². The third kappa shape index (κ3) is 3.59. The Kier molecular flexibility index (Phi) is 5.81. The van der Waals surface area contributed by atoms with Crippen molar-refractivity contribution in [1.82, 2.24) is 4.57 Å². The van der Waals surface area contributed by atoms with Gasteiger partial charge in [-0.3, -0.25) is 0 Å². The second-order valence-electron chi connectivity index (χ2n) is 7.78. The maximum atomic E-state index is 10.6. The van der Waals surface area contributed by atoms with Crippen LogP contribution in [0.15, 0.2) is 48.7 Å². The Morgan fingerprint density at radius 2 is 1.73 bits per heavy atom. The van der Waals surface area contributed by atoms with Gasteiger partial charge in [-0.25, -0.2) is 0 Å². The van der Waals surface area contributed by atoms with E-state index in [4.69, 9.17) is 9.47 Å². The predicted molar refractivity (Wildman–Crippen MR) is 111 cm³/mol. The van der Waals surface area contributed by atoms with Crippen LogP contribution in [0.4, 0.5) is 0 Å². The second kappa shape index (κ2) is 8.37. The van der Waals surface area contributed by atoms with Crippen molar-refractivity contribution in [3.05, 3.63) is 65.4 Å². The highest BCUT2D eigenvalue weighted by Crippen LogP contribution is 2.35. The lowest BCUT2D eigenvalue weighted by molar-refractivity contribution is -0.250. The maximum absolute atomic E-state index is 10.6. The first-order valence-corrected chi connectivity index (χ1v) is 9.97. The van der Waals surface area contributed by atoms with Gasteiger partial charge in [0.1, 0.15) is 30.2 Å². The number of ether oxygens (including phenoxy) is 2. The molecule has 1 fully saturated rings. The van der Waals surface area contributed by atoms with Crippen LogP contribution in [0, 0.1) is 6.92 Å².